The van der Waals surface area contributed by atoms with E-state index in [2.05, 4.69) is 11.8 Å². The van der Waals surface area contributed by atoms with Crippen molar-refractivity contribution in [2.75, 3.05) is 12.5 Å². The van der Waals surface area contributed by atoms with Gasteiger partial charge in [-0.05, 0) is 0 Å². The Morgan fingerprint density at radius 1 is 1.80 bits per heavy atom. The van der Waals surface area contributed by atoms with Crippen molar-refractivity contribution in [3.8, 4) is 0 Å². The summed E-state index contributed by atoms with van der Waals surface area (Å²) >= 11 is 5.10. The minimum atomic E-state index is 0.432. The van der Waals surface area contributed by atoms with Crippen molar-refractivity contribution >= 4 is 11.6 Å². The fourth-order valence-corrected chi connectivity index (χ4v) is 0.134. The van der Waals surface area contributed by atoms with Gasteiger partial charge in [-0.15, -0.1) is 11.6 Å². The lowest BCUT2D eigenvalue weighted by molar-refractivity contribution is 0.264. The Labute approximate surface area is 36.9 Å². The summed E-state index contributed by atoms with van der Waals surface area (Å²) < 4.78 is 4.06. The van der Waals surface area contributed by atoms with Gasteiger partial charge in [0.1, 0.15) is 7.11 Å². The van der Waals surface area contributed by atoms with Gasteiger partial charge in [0.15, 0.2) is 0 Å². The van der Waals surface area contributed by atoms with E-state index < -0.39 is 0 Å². The summed E-state index contributed by atoms with van der Waals surface area (Å²) in [6.45, 7) is 0.432. The maximum absolute atomic E-state index is 5.10. The first-order valence-electron chi connectivity index (χ1n) is 1.29. The highest BCUT2D eigenvalue weighted by atomic mass is 35.5. The second-order valence-electron chi connectivity index (χ2n) is 0.560. The number of halogens is 1. The van der Waals surface area contributed by atoms with Gasteiger partial charge in [0.05, 0.1) is 6.61 Å². The largest absolute Gasteiger partial charge is 0.371 e. The van der Waals surface area contributed by atoms with Crippen LogP contribution in [0.2, 0.25) is 0 Å². The van der Waals surface area contributed by atoms with Gasteiger partial charge in [0.25, 0.3) is 0 Å². The number of hydrogen-bond donors (Lipinski definition) is 0. The average Bonchev–Trinajstić information content (AvgIpc) is 1.41. The average molecular weight is 92.5 g/mol. The van der Waals surface area contributed by atoms with E-state index in [0.717, 1.165) is 0 Å². The Morgan fingerprint density at radius 3 is 2.40 bits per heavy atom. The highest BCUT2D eigenvalue weighted by molar-refractivity contribution is 6.17. The van der Waals surface area contributed by atoms with E-state index in [4.69, 9.17) is 11.6 Å². The normalized spacial score (nSPS) is 8.40. The van der Waals surface area contributed by atoms with Crippen LogP contribution in [0.5, 0.6) is 0 Å². The molecule has 5 heavy (non-hydrogen) atoms. The molecule has 0 unspecified atom stereocenters. The first-order valence-corrected chi connectivity index (χ1v) is 1.83. The molecule has 0 heterocycles. The van der Waals surface area contributed by atoms with E-state index in [1.807, 2.05) is 0 Å². The molecule has 0 amide bonds. The molecular formula is C3H5ClO. The Hall–Kier alpha value is 0.250. The predicted octanol–water partition coefficient (Wildman–Crippen LogP) is 0.910. The van der Waals surface area contributed by atoms with Crippen LogP contribution in [-0.4, -0.2) is 12.5 Å². The standard InChI is InChI=1S/C3H5ClO/c1-5-3-2-4/h1H,2-3H2. The molecule has 0 bridgehead atoms. The Kier molecular flexibility index (Phi) is 4.46. The molecule has 0 saturated heterocycles. The smallest absolute Gasteiger partial charge is 0.115 e. The number of hydrogen-bond acceptors (Lipinski definition) is 1. The van der Waals surface area contributed by atoms with E-state index >= 15 is 0 Å². The highest BCUT2D eigenvalue weighted by Crippen LogP contribution is 1.72. The molecule has 0 rings (SSSR count). The quantitative estimate of drug-likeness (QED) is 0.460. The van der Waals surface area contributed by atoms with E-state index in [9.17, 15) is 0 Å². The van der Waals surface area contributed by atoms with Crippen molar-refractivity contribution in [2.24, 2.45) is 0 Å². The van der Waals surface area contributed by atoms with Gasteiger partial charge in [-0.3, -0.25) is 0 Å². The van der Waals surface area contributed by atoms with E-state index in [1.165, 1.54) is 0 Å². The maximum Gasteiger partial charge on any atom is 0.115 e. The van der Waals surface area contributed by atoms with Crippen LogP contribution in [0.15, 0.2) is 0 Å². The van der Waals surface area contributed by atoms with Crippen molar-refractivity contribution in [1.29, 1.82) is 0 Å². The molecule has 0 aromatic carbocycles. The van der Waals surface area contributed by atoms with E-state index in [0.29, 0.717) is 12.5 Å². The molecule has 0 aromatic heterocycles. The van der Waals surface area contributed by atoms with Crippen LogP contribution in [0.3, 0.4) is 0 Å². The van der Waals surface area contributed by atoms with Crippen molar-refractivity contribution in [3.63, 3.8) is 0 Å². The van der Waals surface area contributed by atoms with Crippen LogP contribution in [0.25, 0.3) is 0 Å². The lowest BCUT2D eigenvalue weighted by Crippen LogP contribution is -1.83. The molecule has 2 radical (unpaired) electrons. The molecule has 0 aliphatic heterocycles. The lowest BCUT2D eigenvalue weighted by atomic mass is 10.9. The van der Waals surface area contributed by atoms with Crippen LogP contribution in [0.4, 0.5) is 0 Å². The summed E-state index contributed by atoms with van der Waals surface area (Å²) in [5.74, 6) is 0.469. The zero-order valence-electron chi connectivity index (χ0n) is 2.78. The molecule has 0 aromatic rings. The fraction of sp³-hybridized carbons (Fsp3) is 0.667. The van der Waals surface area contributed by atoms with Crippen molar-refractivity contribution < 1.29 is 4.74 Å². The predicted molar refractivity (Wildman–Crippen MR) is 21.0 cm³/mol. The van der Waals surface area contributed by atoms with Gasteiger partial charge in [-0.25, -0.2) is 0 Å². The number of alkyl halides is 1. The first kappa shape index (κ1) is 5.25. The van der Waals surface area contributed by atoms with Crippen LogP contribution in [-0.2, 0) is 4.74 Å². The Bertz CT molecular complexity index is 14.4. The third kappa shape index (κ3) is 4.25. The summed E-state index contributed by atoms with van der Waals surface area (Å²) in [5, 5.41) is 0. The van der Waals surface area contributed by atoms with Crippen molar-refractivity contribution in [3.05, 3.63) is 7.11 Å². The topological polar surface area (TPSA) is 9.23 Å². The number of ether oxygens (including phenoxy) is 1. The van der Waals surface area contributed by atoms with Gasteiger partial charge in [-0.2, -0.15) is 0 Å². The van der Waals surface area contributed by atoms with Crippen LogP contribution >= 0.6 is 11.6 Å². The highest BCUT2D eigenvalue weighted by Gasteiger charge is 1.69. The van der Waals surface area contributed by atoms with Gasteiger partial charge in [0.2, 0.25) is 0 Å². The lowest BCUT2D eigenvalue weighted by Gasteiger charge is -1.81. The zero-order valence-corrected chi connectivity index (χ0v) is 3.53. The van der Waals surface area contributed by atoms with Gasteiger partial charge in [-0.1, -0.05) is 0 Å². The Morgan fingerprint density at radius 2 is 2.40 bits per heavy atom. The molecular weight excluding hydrogens is 87.5 g/mol. The summed E-state index contributed by atoms with van der Waals surface area (Å²) in [5.41, 5.74) is 0. The summed E-state index contributed by atoms with van der Waals surface area (Å²) in [6, 6.07) is 0. The van der Waals surface area contributed by atoms with Crippen LogP contribution in [0, 0.1) is 7.11 Å². The summed E-state index contributed by atoms with van der Waals surface area (Å²) in [7, 11) is 4.55. The van der Waals surface area contributed by atoms with Crippen molar-refractivity contribution in [2.45, 2.75) is 0 Å². The van der Waals surface area contributed by atoms with Gasteiger partial charge in [0, 0.05) is 5.88 Å². The minimum absolute atomic E-state index is 0.432. The molecule has 0 N–H and O–H groups in total. The minimum Gasteiger partial charge on any atom is -0.371 e. The van der Waals surface area contributed by atoms with Gasteiger partial charge < -0.3 is 4.74 Å². The molecule has 0 aliphatic rings. The molecule has 1 nitrogen and oxygen atoms in total. The monoisotopic (exact) mass is 92.0 g/mol. The van der Waals surface area contributed by atoms with E-state index in [1.54, 1.807) is 0 Å². The fourth-order valence-electron chi connectivity index (χ4n) is 0.0445. The van der Waals surface area contributed by atoms with Crippen LogP contribution in [0.1, 0.15) is 0 Å². The van der Waals surface area contributed by atoms with Gasteiger partial charge >= 0.3 is 0 Å². The SMILES string of the molecule is [CH]OCCCl. The molecule has 0 spiro atoms. The molecule has 2 heteroatoms. The third-order valence-corrected chi connectivity index (χ3v) is 0.349. The van der Waals surface area contributed by atoms with Crippen LogP contribution < -0.4 is 0 Å². The molecule has 0 aliphatic carbocycles. The molecule has 0 saturated carbocycles. The number of rotatable bonds is 2. The van der Waals surface area contributed by atoms with E-state index in [-0.39, 0.29) is 0 Å². The first-order chi connectivity index (χ1) is 2.41. The summed E-state index contributed by atoms with van der Waals surface area (Å²) in [4.78, 5) is 0. The summed E-state index contributed by atoms with van der Waals surface area (Å²) in [6.07, 6.45) is 0. The molecule has 0 atom stereocenters. The maximum atomic E-state index is 5.10. The third-order valence-electron chi connectivity index (χ3n) is 0.195. The second-order valence-corrected chi connectivity index (χ2v) is 0.938. The van der Waals surface area contributed by atoms with Crippen molar-refractivity contribution in [1.82, 2.24) is 0 Å². The zero-order chi connectivity index (χ0) is 4.12. The molecule has 0 fully saturated rings. The Balaban J connectivity index is 2.19. The second kappa shape index (κ2) is 4.25. The molecule has 30 valence electrons.